The van der Waals surface area contributed by atoms with Crippen molar-refractivity contribution in [3.8, 4) is 0 Å². The minimum Gasteiger partial charge on any atom is -0.317 e. The van der Waals surface area contributed by atoms with Gasteiger partial charge in [0, 0.05) is 0 Å². The molecule has 0 spiro atoms. The van der Waals surface area contributed by atoms with Gasteiger partial charge in [-0.2, -0.15) is 0 Å². The van der Waals surface area contributed by atoms with Crippen molar-refractivity contribution in [3.63, 3.8) is 0 Å². The summed E-state index contributed by atoms with van der Waals surface area (Å²) in [6.45, 7) is 7.20. The summed E-state index contributed by atoms with van der Waals surface area (Å²) in [5, 5.41) is 3.59. The van der Waals surface area contributed by atoms with Gasteiger partial charge >= 0.3 is 0 Å². The third-order valence-corrected chi connectivity index (χ3v) is 9.38. The Labute approximate surface area is 216 Å². The number of rotatable bonds is 24. The molecule has 2 fully saturated rings. The quantitative estimate of drug-likeness (QED) is 0.137. The van der Waals surface area contributed by atoms with E-state index in [0.29, 0.717) is 0 Å². The molecule has 0 bridgehead atoms. The van der Waals surface area contributed by atoms with Crippen LogP contribution in [0.3, 0.4) is 0 Å². The van der Waals surface area contributed by atoms with Gasteiger partial charge in [0.1, 0.15) is 0 Å². The summed E-state index contributed by atoms with van der Waals surface area (Å²) >= 11 is 0. The van der Waals surface area contributed by atoms with Crippen LogP contribution in [0.15, 0.2) is 0 Å². The zero-order valence-corrected chi connectivity index (χ0v) is 23.9. The van der Waals surface area contributed by atoms with Gasteiger partial charge in [0.25, 0.3) is 0 Å². The van der Waals surface area contributed by atoms with Gasteiger partial charge in [-0.3, -0.25) is 0 Å². The highest BCUT2D eigenvalue weighted by Crippen LogP contribution is 2.45. The standard InChI is InChI=1S/C33H65N/c1-3-5-7-9-11-14-17-21-30(31-25-27-34-28-26-31)22-18-15-12-16-20-24-33-29-32(33)23-19-13-10-8-6-4-2/h30-34H,3-29H2,1-2H3. The van der Waals surface area contributed by atoms with Crippen LogP contribution < -0.4 is 5.32 Å². The summed E-state index contributed by atoms with van der Waals surface area (Å²) in [7, 11) is 0. The van der Waals surface area contributed by atoms with E-state index in [2.05, 4.69) is 19.2 Å². The molecule has 0 aromatic rings. The molecule has 2 rings (SSSR count). The summed E-state index contributed by atoms with van der Waals surface area (Å²) in [5.74, 6) is 4.32. The van der Waals surface area contributed by atoms with Gasteiger partial charge in [-0.05, 0) is 56.0 Å². The van der Waals surface area contributed by atoms with Gasteiger partial charge in [-0.25, -0.2) is 0 Å². The molecule has 1 nitrogen and oxygen atoms in total. The third kappa shape index (κ3) is 15.2. The van der Waals surface area contributed by atoms with E-state index in [-0.39, 0.29) is 0 Å². The lowest BCUT2D eigenvalue weighted by Gasteiger charge is -2.31. The van der Waals surface area contributed by atoms with Gasteiger partial charge < -0.3 is 5.32 Å². The predicted molar refractivity (Wildman–Crippen MR) is 154 cm³/mol. The molecule has 1 N–H and O–H groups in total. The van der Waals surface area contributed by atoms with E-state index in [9.17, 15) is 0 Å². The first-order valence-electron chi connectivity index (χ1n) is 16.6. The van der Waals surface area contributed by atoms with Crippen molar-refractivity contribution in [1.82, 2.24) is 5.32 Å². The molecule has 2 aliphatic rings. The Hall–Kier alpha value is -0.0400. The van der Waals surface area contributed by atoms with Crippen molar-refractivity contribution in [3.05, 3.63) is 0 Å². The van der Waals surface area contributed by atoms with Crippen molar-refractivity contribution in [2.75, 3.05) is 13.1 Å². The summed E-state index contributed by atoms with van der Waals surface area (Å²) in [4.78, 5) is 0. The van der Waals surface area contributed by atoms with Gasteiger partial charge in [-0.15, -0.1) is 0 Å². The van der Waals surface area contributed by atoms with Crippen LogP contribution in [0.2, 0.25) is 0 Å². The zero-order chi connectivity index (χ0) is 24.1. The van der Waals surface area contributed by atoms with Gasteiger partial charge in [0.2, 0.25) is 0 Å². The third-order valence-electron chi connectivity index (χ3n) is 9.38. The van der Waals surface area contributed by atoms with Crippen LogP contribution in [-0.2, 0) is 0 Å². The molecule has 0 aromatic carbocycles. The molecule has 202 valence electrons. The van der Waals surface area contributed by atoms with Gasteiger partial charge in [0.15, 0.2) is 0 Å². The summed E-state index contributed by atoms with van der Waals surface area (Å²) in [5.41, 5.74) is 0. The fourth-order valence-electron chi connectivity index (χ4n) is 6.84. The molecular weight excluding hydrogens is 410 g/mol. The average molecular weight is 476 g/mol. The Bertz CT molecular complexity index is 426. The second kappa shape index (κ2) is 21.1. The van der Waals surface area contributed by atoms with E-state index in [1.807, 2.05) is 0 Å². The van der Waals surface area contributed by atoms with Gasteiger partial charge in [0.05, 0.1) is 0 Å². The van der Waals surface area contributed by atoms with Crippen LogP contribution in [0.25, 0.3) is 0 Å². The minimum atomic E-state index is 1.03. The van der Waals surface area contributed by atoms with Crippen LogP contribution in [-0.4, -0.2) is 13.1 Å². The SMILES string of the molecule is CCCCCCCCCC(CCCCCCCC1CC1CCCCCCCC)C1CCNCC1. The number of hydrogen-bond acceptors (Lipinski definition) is 1. The molecule has 1 saturated carbocycles. The highest BCUT2D eigenvalue weighted by atomic mass is 14.9. The highest BCUT2D eigenvalue weighted by molar-refractivity contribution is 4.85. The predicted octanol–water partition coefficient (Wildman–Crippen LogP) is 10.9. The summed E-state index contributed by atoms with van der Waals surface area (Å²) in [6.07, 6.45) is 37.2. The molecule has 1 heteroatoms. The maximum Gasteiger partial charge on any atom is -0.00462 e. The van der Waals surface area contributed by atoms with E-state index < -0.39 is 0 Å². The molecule has 1 aliphatic carbocycles. The number of unbranched alkanes of at least 4 members (excludes halogenated alkanes) is 15. The number of hydrogen-bond donors (Lipinski definition) is 1. The van der Waals surface area contributed by atoms with E-state index in [1.54, 1.807) is 19.3 Å². The first kappa shape index (κ1) is 30.2. The Morgan fingerprint density at radius 2 is 0.941 bits per heavy atom. The molecular formula is C33H65N. The van der Waals surface area contributed by atoms with Crippen molar-refractivity contribution in [2.45, 2.75) is 174 Å². The van der Waals surface area contributed by atoms with Crippen molar-refractivity contribution in [2.24, 2.45) is 23.7 Å². The average Bonchev–Trinajstić information content (AvgIpc) is 3.62. The van der Waals surface area contributed by atoms with Crippen molar-refractivity contribution >= 4 is 0 Å². The van der Waals surface area contributed by atoms with Gasteiger partial charge in [-0.1, -0.05) is 155 Å². The first-order valence-corrected chi connectivity index (χ1v) is 16.6. The number of nitrogens with one attached hydrogen (secondary N) is 1. The van der Waals surface area contributed by atoms with Crippen LogP contribution in [0.5, 0.6) is 0 Å². The molecule has 1 heterocycles. The van der Waals surface area contributed by atoms with E-state index in [4.69, 9.17) is 0 Å². The molecule has 0 aromatic heterocycles. The van der Waals surface area contributed by atoms with E-state index >= 15 is 0 Å². The van der Waals surface area contributed by atoms with E-state index in [1.165, 1.54) is 154 Å². The lowest BCUT2D eigenvalue weighted by atomic mass is 9.78. The van der Waals surface area contributed by atoms with Crippen molar-refractivity contribution in [1.29, 1.82) is 0 Å². The zero-order valence-electron chi connectivity index (χ0n) is 23.9. The van der Waals surface area contributed by atoms with Crippen LogP contribution in [0.1, 0.15) is 174 Å². The largest absolute Gasteiger partial charge is 0.317 e. The Morgan fingerprint density at radius 3 is 1.41 bits per heavy atom. The van der Waals surface area contributed by atoms with Crippen LogP contribution >= 0.6 is 0 Å². The highest BCUT2D eigenvalue weighted by Gasteiger charge is 2.35. The smallest absolute Gasteiger partial charge is 0.00462 e. The fourth-order valence-corrected chi connectivity index (χ4v) is 6.84. The molecule has 3 atom stereocenters. The lowest BCUT2D eigenvalue weighted by Crippen LogP contribution is -2.31. The second-order valence-electron chi connectivity index (χ2n) is 12.4. The normalized spacial score (nSPS) is 21.7. The van der Waals surface area contributed by atoms with Crippen LogP contribution in [0, 0.1) is 23.7 Å². The van der Waals surface area contributed by atoms with Crippen molar-refractivity contribution < 1.29 is 0 Å². The maximum atomic E-state index is 3.59. The molecule has 34 heavy (non-hydrogen) atoms. The molecule has 0 amide bonds. The Kier molecular flexibility index (Phi) is 18.7. The monoisotopic (exact) mass is 476 g/mol. The maximum absolute atomic E-state index is 3.59. The van der Waals surface area contributed by atoms with E-state index in [0.717, 1.165) is 23.7 Å². The molecule has 1 aliphatic heterocycles. The molecule has 0 radical (unpaired) electrons. The summed E-state index contributed by atoms with van der Waals surface area (Å²) < 4.78 is 0. The lowest BCUT2D eigenvalue weighted by molar-refractivity contribution is 0.223. The topological polar surface area (TPSA) is 12.0 Å². The fraction of sp³-hybridized carbons (Fsp3) is 1.00. The second-order valence-corrected chi connectivity index (χ2v) is 12.4. The first-order chi connectivity index (χ1) is 16.8. The number of piperidine rings is 1. The summed E-state index contributed by atoms with van der Waals surface area (Å²) in [6, 6.07) is 0. The minimum absolute atomic E-state index is 1.03. The Balaban J connectivity index is 1.43. The van der Waals surface area contributed by atoms with Crippen LogP contribution in [0.4, 0.5) is 0 Å². The molecule has 3 unspecified atom stereocenters. The molecule has 1 saturated heterocycles. The Morgan fingerprint density at radius 1 is 0.529 bits per heavy atom.